The normalized spacial score (nSPS) is 15.6. The molecule has 2 heterocycles. The monoisotopic (exact) mass is 718 g/mol. The Hall–Kier alpha value is -3.69. The molecule has 0 aromatic heterocycles. The second-order valence-electron chi connectivity index (χ2n) is 13.2. The largest absolute Gasteiger partial charge is 0.354 e. The third kappa shape index (κ3) is 7.02. The van der Waals surface area contributed by atoms with Gasteiger partial charge in [-0.25, -0.2) is 16.8 Å². The first-order valence-corrected chi connectivity index (χ1v) is 20.0. The van der Waals surface area contributed by atoms with Gasteiger partial charge in [0.2, 0.25) is 5.91 Å². The Kier molecular flexibility index (Phi) is 11.4. The lowest BCUT2D eigenvalue weighted by Crippen LogP contribution is -2.55. The van der Waals surface area contributed by atoms with Crippen LogP contribution >= 0.6 is 0 Å². The van der Waals surface area contributed by atoms with E-state index in [4.69, 9.17) is 0 Å². The van der Waals surface area contributed by atoms with Gasteiger partial charge in [-0.05, 0) is 45.0 Å². The van der Waals surface area contributed by atoms with Crippen LogP contribution in [0.3, 0.4) is 0 Å². The molecule has 13 nitrogen and oxygen atoms in total. The van der Waals surface area contributed by atoms with E-state index in [-0.39, 0.29) is 47.3 Å². The highest BCUT2D eigenvalue weighted by atomic mass is 32.2. The van der Waals surface area contributed by atoms with Crippen molar-refractivity contribution in [3.63, 3.8) is 0 Å². The number of amides is 5. The van der Waals surface area contributed by atoms with Gasteiger partial charge < -0.3 is 10.2 Å². The van der Waals surface area contributed by atoms with Gasteiger partial charge in [0.1, 0.15) is 6.04 Å². The van der Waals surface area contributed by atoms with Crippen molar-refractivity contribution in [1.29, 1.82) is 0 Å². The molecule has 4 rings (SSSR count). The molecular formula is C34H46N4O9S2. The molecule has 2 aromatic carbocycles. The van der Waals surface area contributed by atoms with E-state index in [1.54, 1.807) is 32.8 Å². The number of nitrogens with zero attached hydrogens (tertiary/aromatic N) is 3. The van der Waals surface area contributed by atoms with Crippen molar-refractivity contribution < 1.29 is 40.8 Å². The standard InChI is InChI=1S/C34H46N4O9S2/c1-8-11-12-13-14-35-30(39)23(17-20(4)5)38-32(41)22-19-24(48(44,45)9-2)28-26-21(31(40)37(33(28)42)16-15-36(6)7)18-25(49(46,47)10-3)29(27(22)26)34(38)43/h18-20,23H,8-17H2,1-7H3,(H,35,39). The molecule has 0 bridgehead atoms. The Morgan fingerprint density at radius 3 is 1.80 bits per heavy atom. The summed E-state index contributed by atoms with van der Waals surface area (Å²) in [6.45, 7) is 8.78. The first kappa shape index (κ1) is 38.1. The minimum absolute atomic E-state index is 0.0424. The number of hydrogen-bond acceptors (Lipinski definition) is 10. The van der Waals surface area contributed by atoms with Gasteiger partial charge in [0.05, 0.1) is 43.6 Å². The number of nitrogens with one attached hydrogen (secondary N) is 1. The molecule has 268 valence electrons. The maximum absolute atomic E-state index is 14.6. The summed E-state index contributed by atoms with van der Waals surface area (Å²) >= 11 is 0. The van der Waals surface area contributed by atoms with Gasteiger partial charge in [-0.1, -0.05) is 53.9 Å². The van der Waals surface area contributed by atoms with Crippen molar-refractivity contribution in [3.8, 4) is 0 Å². The summed E-state index contributed by atoms with van der Waals surface area (Å²) in [6.07, 6.45) is 3.54. The zero-order valence-electron chi connectivity index (χ0n) is 29.2. The summed E-state index contributed by atoms with van der Waals surface area (Å²) in [5.41, 5.74) is -1.54. The molecule has 49 heavy (non-hydrogen) atoms. The summed E-state index contributed by atoms with van der Waals surface area (Å²) in [7, 11) is -5.06. The molecule has 0 spiro atoms. The SMILES string of the molecule is CCCCCCNC(=O)C(CC(C)C)N1C(=O)c2cc(S(=O)(=O)CC)c3c4c(cc(S(=O)(=O)CC)c(c24)C1=O)C(=O)N(CCN(C)C)C3=O. The zero-order chi connectivity index (χ0) is 36.6. The first-order valence-electron chi connectivity index (χ1n) is 16.7. The van der Waals surface area contributed by atoms with E-state index in [9.17, 15) is 40.8 Å². The molecule has 0 saturated carbocycles. The number of rotatable bonds is 16. The van der Waals surface area contributed by atoms with E-state index >= 15 is 0 Å². The van der Waals surface area contributed by atoms with Crippen molar-refractivity contribution in [3.05, 3.63) is 34.4 Å². The molecular weight excluding hydrogens is 673 g/mol. The second kappa shape index (κ2) is 14.7. The molecule has 2 aliphatic heterocycles. The predicted molar refractivity (Wildman–Crippen MR) is 184 cm³/mol. The maximum Gasteiger partial charge on any atom is 0.263 e. The van der Waals surface area contributed by atoms with Crippen LogP contribution in [0.15, 0.2) is 21.9 Å². The van der Waals surface area contributed by atoms with Crippen molar-refractivity contribution in [2.75, 3.05) is 45.2 Å². The summed E-state index contributed by atoms with van der Waals surface area (Å²) in [5, 5.41) is 2.27. The summed E-state index contributed by atoms with van der Waals surface area (Å²) in [5.74, 6) is -5.63. The number of hydrogen-bond donors (Lipinski definition) is 1. The Labute approximate surface area is 288 Å². The summed E-state index contributed by atoms with van der Waals surface area (Å²) in [4.78, 5) is 73.0. The maximum atomic E-state index is 14.6. The molecule has 15 heteroatoms. The Morgan fingerprint density at radius 2 is 1.31 bits per heavy atom. The number of carbonyl (C=O) groups excluding carboxylic acids is 5. The van der Waals surface area contributed by atoms with Gasteiger partial charge in [0, 0.05) is 30.4 Å². The smallest absolute Gasteiger partial charge is 0.263 e. The number of likely N-dealkylation sites (N-methyl/N-ethyl adjacent to an activating group) is 1. The lowest BCUT2D eigenvalue weighted by Gasteiger charge is -2.37. The number of carbonyl (C=O) groups is 5. The molecule has 5 amide bonds. The van der Waals surface area contributed by atoms with Gasteiger partial charge in [-0.2, -0.15) is 0 Å². The van der Waals surface area contributed by atoms with Crippen LogP contribution in [0.25, 0.3) is 10.8 Å². The van der Waals surface area contributed by atoms with Crippen molar-refractivity contribution in [2.45, 2.75) is 82.6 Å². The molecule has 0 aliphatic carbocycles. The van der Waals surface area contributed by atoms with Crippen LogP contribution in [0.5, 0.6) is 0 Å². The van der Waals surface area contributed by atoms with E-state index in [0.29, 0.717) is 17.9 Å². The van der Waals surface area contributed by atoms with Gasteiger partial charge in [0.15, 0.2) is 19.7 Å². The number of unbranched alkanes of at least 4 members (excludes halogenated alkanes) is 3. The van der Waals surface area contributed by atoms with E-state index in [1.165, 1.54) is 13.8 Å². The molecule has 0 saturated heterocycles. The van der Waals surface area contributed by atoms with Gasteiger partial charge in [-0.3, -0.25) is 33.8 Å². The molecule has 1 N–H and O–H groups in total. The zero-order valence-corrected chi connectivity index (χ0v) is 30.8. The summed E-state index contributed by atoms with van der Waals surface area (Å²) < 4.78 is 54.6. The van der Waals surface area contributed by atoms with Crippen molar-refractivity contribution in [2.24, 2.45) is 5.92 Å². The number of imide groups is 2. The minimum Gasteiger partial charge on any atom is -0.354 e. The van der Waals surface area contributed by atoms with Gasteiger partial charge >= 0.3 is 0 Å². The molecule has 2 aliphatic rings. The van der Waals surface area contributed by atoms with Crippen molar-refractivity contribution in [1.82, 2.24) is 20.0 Å². The average Bonchev–Trinajstić information content (AvgIpc) is 3.04. The predicted octanol–water partition coefficient (Wildman–Crippen LogP) is 3.29. The fourth-order valence-corrected chi connectivity index (χ4v) is 8.53. The Morgan fingerprint density at radius 1 is 0.776 bits per heavy atom. The second-order valence-corrected chi connectivity index (χ2v) is 17.7. The van der Waals surface area contributed by atoms with E-state index in [2.05, 4.69) is 12.2 Å². The highest BCUT2D eigenvalue weighted by Gasteiger charge is 2.48. The highest BCUT2D eigenvalue weighted by Crippen LogP contribution is 2.44. The van der Waals surface area contributed by atoms with E-state index < -0.39 is 87.7 Å². The molecule has 0 radical (unpaired) electrons. The Bertz CT molecular complexity index is 1940. The van der Waals surface area contributed by atoms with Crippen LogP contribution in [-0.2, 0) is 24.5 Å². The number of sulfone groups is 2. The lowest BCUT2D eigenvalue weighted by atomic mass is 9.84. The van der Waals surface area contributed by atoms with Crippen LogP contribution in [-0.4, -0.2) is 112 Å². The fraction of sp³-hybridized carbons (Fsp3) is 0.559. The highest BCUT2D eigenvalue weighted by molar-refractivity contribution is 7.91. The molecule has 1 unspecified atom stereocenters. The van der Waals surface area contributed by atoms with Crippen molar-refractivity contribution >= 4 is 60.0 Å². The third-order valence-corrected chi connectivity index (χ3v) is 12.5. The van der Waals surface area contributed by atoms with E-state index in [0.717, 1.165) is 36.3 Å². The van der Waals surface area contributed by atoms with Crippen LogP contribution in [0.2, 0.25) is 0 Å². The van der Waals surface area contributed by atoms with Crippen LogP contribution in [0.4, 0.5) is 0 Å². The first-order chi connectivity index (χ1) is 22.9. The third-order valence-electron chi connectivity index (χ3n) is 8.99. The van der Waals surface area contributed by atoms with Crippen LogP contribution in [0, 0.1) is 5.92 Å². The van der Waals surface area contributed by atoms with Crippen LogP contribution < -0.4 is 5.32 Å². The lowest BCUT2D eigenvalue weighted by molar-refractivity contribution is -0.125. The quantitative estimate of drug-likeness (QED) is 0.200. The Balaban J connectivity index is 2.09. The number of benzene rings is 2. The molecule has 0 fully saturated rings. The van der Waals surface area contributed by atoms with Gasteiger partial charge in [-0.15, -0.1) is 0 Å². The molecule has 2 aromatic rings. The van der Waals surface area contributed by atoms with E-state index in [1.807, 2.05) is 0 Å². The summed E-state index contributed by atoms with van der Waals surface area (Å²) in [6, 6.07) is 0.663. The topological polar surface area (TPSA) is 175 Å². The molecule has 1 atom stereocenters. The fourth-order valence-electron chi connectivity index (χ4n) is 6.31. The van der Waals surface area contributed by atoms with Gasteiger partial charge in [0.25, 0.3) is 23.6 Å². The minimum atomic E-state index is -4.27. The van der Waals surface area contributed by atoms with Crippen LogP contribution in [0.1, 0.15) is 108 Å². The average molecular weight is 719 g/mol.